The first-order valence-electron chi connectivity index (χ1n) is 6.31. The molecule has 0 saturated heterocycles. The van der Waals surface area contributed by atoms with Crippen LogP contribution in [-0.2, 0) is 6.42 Å². The molecule has 0 aromatic heterocycles. The maximum atomic E-state index is 11.8. The van der Waals surface area contributed by atoms with Gasteiger partial charge in [0.1, 0.15) is 0 Å². The van der Waals surface area contributed by atoms with Crippen LogP contribution in [-0.4, -0.2) is 17.7 Å². The molecule has 5 N–H and O–H groups in total. The van der Waals surface area contributed by atoms with Crippen LogP contribution in [0.4, 0.5) is 21.9 Å². The van der Waals surface area contributed by atoms with E-state index in [-0.39, 0.29) is 12.6 Å². The Bertz CT molecular complexity index is 582. The molecule has 5 nitrogen and oxygen atoms in total. The van der Waals surface area contributed by atoms with Gasteiger partial charge in [0.25, 0.3) is 0 Å². The molecular weight excluding hydrogens is 254 g/mol. The minimum absolute atomic E-state index is 0.114. The number of hydrogen-bond acceptors (Lipinski definition) is 3. The quantitative estimate of drug-likeness (QED) is 0.644. The van der Waals surface area contributed by atoms with E-state index in [9.17, 15) is 4.79 Å². The average Bonchev–Trinajstić information content (AvgIpc) is 2.41. The first kappa shape index (κ1) is 13.9. The van der Waals surface area contributed by atoms with Crippen molar-refractivity contribution in [2.45, 2.75) is 6.42 Å². The smallest absolute Gasteiger partial charge is 0.323 e. The normalized spacial score (nSPS) is 10.1. The lowest BCUT2D eigenvalue weighted by atomic mass is 10.1. The standard InChI is InChI=1S/C15H17N3O2/c16-12-2-1-3-14(10-12)18-15(20)17-13-6-4-11(5-7-13)8-9-19/h1-7,10,19H,8-9,16H2,(H2,17,18,20). The van der Waals surface area contributed by atoms with Gasteiger partial charge in [0, 0.05) is 23.7 Å². The minimum atomic E-state index is -0.328. The van der Waals surface area contributed by atoms with Gasteiger partial charge in [-0.2, -0.15) is 0 Å². The van der Waals surface area contributed by atoms with Crippen LogP contribution >= 0.6 is 0 Å². The number of carbonyl (C=O) groups excluding carboxylic acids is 1. The third-order valence-corrected chi connectivity index (χ3v) is 2.76. The van der Waals surface area contributed by atoms with Crippen molar-refractivity contribution in [2.24, 2.45) is 0 Å². The summed E-state index contributed by atoms with van der Waals surface area (Å²) >= 11 is 0. The average molecular weight is 271 g/mol. The van der Waals surface area contributed by atoms with E-state index in [4.69, 9.17) is 10.8 Å². The van der Waals surface area contributed by atoms with E-state index in [1.807, 2.05) is 12.1 Å². The molecule has 2 rings (SSSR count). The summed E-state index contributed by atoms with van der Waals surface area (Å²) in [4.78, 5) is 11.8. The number of anilines is 3. The summed E-state index contributed by atoms with van der Waals surface area (Å²) in [6.07, 6.45) is 0.607. The molecule has 0 heterocycles. The predicted octanol–water partition coefficient (Wildman–Crippen LogP) is 2.45. The number of nitrogens with one attached hydrogen (secondary N) is 2. The summed E-state index contributed by atoms with van der Waals surface area (Å²) < 4.78 is 0. The molecule has 0 spiro atoms. The van der Waals surface area contributed by atoms with Gasteiger partial charge < -0.3 is 21.5 Å². The summed E-state index contributed by atoms with van der Waals surface area (Å²) in [5.41, 5.74) is 8.58. The van der Waals surface area contributed by atoms with E-state index >= 15 is 0 Å². The second kappa shape index (κ2) is 6.58. The third kappa shape index (κ3) is 4.00. The summed E-state index contributed by atoms with van der Waals surface area (Å²) in [7, 11) is 0. The Labute approximate surface area is 117 Å². The van der Waals surface area contributed by atoms with Crippen LogP contribution in [0.1, 0.15) is 5.56 Å². The lowest BCUT2D eigenvalue weighted by molar-refractivity contribution is 0.262. The molecular formula is C15H17N3O2. The number of rotatable bonds is 4. The largest absolute Gasteiger partial charge is 0.399 e. The zero-order valence-corrected chi connectivity index (χ0v) is 11.0. The lowest BCUT2D eigenvalue weighted by Crippen LogP contribution is -2.19. The molecule has 0 unspecified atom stereocenters. The number of hydrogen-bond donors (Lipinski definition) is 4. The van der Waals surface area contributed by atoms with Crippen molar-refractivity contribution >= 4 is 23.1 Å². The fourth-order valence-corrected chi connectivity index (χ4v) is 1.79. The highest BCUT2D eigenvalue weighted by Crippen LogP contribution is 2.13. The molecule has 0 atom stereocenters. The number of aliphatic hydroxyl groups excluding tert-OH is 1. The molecule has 0 fully saturated rings. The van der Waals surface area contributed by atoms with Crippen LogP contribution in [0.25, 0.3) is 0 Å². The number of nitrogens with two attached hydrogens (primary N) is 1. The molecule has 0 aliphatic rings. The summed E-state index contributed by atoms with van der Waals surface area (Å²) in [5, 5.41) is 14.3. The van der Waals surface area contributed by atoms with E-state index in [1.54, 1.807) is 36.4 Å². The number of nitrogen functional groups attached to an aromatic ring is 1. The zero-order chi connectivity index (χ0) is 14.4. The highest BCUT2D eigenvalue weighted by molar-refractivity contribution is 5.99. The van der Waals surface area contributed by atoms with Gasteiger partial charge in [-0.25, -0.2) is 4.79 Å². The Morgan fingerprint density at radius 2 is 1.75 bits per heavy atom. The van der Waals surface area contributed by atoms with Gasteiger partial charge in [0.05, 0.1) is 0 Å². The number of carbonyl (C=O) groups is 1. The molecule has 104 valence electrons. The zero-order valence-electron chi connectivity index (χ0n) is 11.0. The van der Waals surface area contributed by atoms with Crippen molar-refractivity contribution in [3.63, 3.8) is 0 Å². The Hall–Kier alpha value is -2.53. The van der Waals surface area contributed by atoms with Crippen molar-refractivity contribution < 1.29 is 9.90 Å². The number of benzene rings is 2. The molecule has 5 heteroatoms. The Morgan fingerprint density at radius 3 is 2.40 bits per heavy atom. The van der Waals surface area contributed by atoms with Crippen LogP contribution in [0, 0.1) is 0 Å². The second-order valence-electron chi connectivity index (χ2n) is 4.38. The van der Waals surface area contributed by atoms with Crippen LogP contribution < -0.4 is 16.4 Å². The Balaban J connectivity index is 1.94. The molecule has 20 heavy (non-hydrogen) atoms. The van der Waals surface area contributed by atoms with Gasteiger partial charge in [-0.05, 0) is 42.3 Å². The van der Waals surface area contributed by atoms with Gasteiger partial charge in [0.15, 0.2) is 0 Å². The SMILES string of the molecule is Nc1cccc(NC(=O)Nc2ccc(CCO)cc2)c1. The maximum absolute atomic E-state index is 11.8. The van der Waals surface area contributed by atoms with E-state index in [0.29, 0.717) is 23.5 Å². The van der Waals surface area contributed by atoms with Crippen molar-refractivity contribution in [3.05, 3.63) is 54.1 Å². The molecule has 0 bridgehead atoms. The summed E-state index contributed by atoms with van der Waals surface area (Å²) in [5.74, 6) is 0. The second-order valence-corrected chi connectivity index (χ2v) is 4.38. The maximum Gasteiger partial charge on any atom is 0.323 e. The molecule has 2 aromatic carbocycles. The van der Waals surface area contributed by atoms with Crippen LogP contribution in [0.15, 0.2) is 48.5 Å². The van der Waals surface area contributed by atoms with E-state index in [0.717, 1.165) is 5.56 Å². The van der Waals surface area contributed by atoms with E-state index in [1.165, 1.54) is 0 Å². The molecule has 2 aromatic rings. The summed E-state index contributed by atoms with van der Waals surface area (Å²) in [6.45, 7) is 0.114. The van der Waals surface area contributed by atoms with Gasteiger partial charge in [-0.1, -0.05) is 18.2 Å². The van der Waals surface area contributed by atoms with Crippen LogP contribution in [0.5, 0.6) is 0 Å². The Kier molecular flexibility index (Phi) is 4.57. The topological polar surface area (TPSA) is 87.4 Å². The summed E-state index contributed by atoms with van der Waals surface area (Å²) in [6, 6.07) is 14.0. The highest BCUT2D eigenvalue weighted by Gasteiger charge is 2.03. The lowest BCUT2D eigenvalue weighted by Gasteiger charge is -2.08. The third-order valence-electron chi connectivity index (χ3n) is 2.76. The van der Waals surface area contributed by atoms with Crippen molar-refractivity contribution in [2.75, 3.05) is 23.0 Å². The van der Waals surface area contributed by atoms with Gasteiger partial charge in [0.2, 0.25) is 0 Å². The van der Waals surface area contributed by atoms with Crippen molar-refractivity contribution in [1.29, 1.82) is 0 Å². The highest BCUT2D eigenvalue weighted by atomic mass is 16.3. The van der Waals surface area contributed by atoms with Gasteiger partial charge in [-0.3, -0.25) is 0 Å². The molecule has 0 saturated carbocycles. The predicted molar refractivity (Wildman–Crippen MR) is 80.7 cm³/mol. The van der Waals surface area contributed by atoms with Crippen molar-refractivity contribution in [3.8, 4) is 0 Å². The molecule has 0 radical (unpaired) electrons. The number of urea groups is 1. The van der Waals surface area contributed by atoms with Gasteiger partial charge >= 0.3 is 6.03 Å². The molecule has 0 aliphatic carbocycles. The van der Waals surface area contributed by atoms with E-state index in [2.05, 4.69) is 10.6 Å². The van der Waals surface area contributed by atoms with Crippen molar-refractivity contribution in [1.82, 2.24) is 0 Å². The fraction of sp³-hybridized carbons (Fsp3) is 0.133. The Morgan fingerprint density at radius 1 is 1.05 bits per heavy atom. The minimum Gasteiger partial charge on any atom is -0.399 e. The molecule has 0 aliphatic heterocycles. The first-order chi connectivity index (χ1) is 9.67. The monoisotopic (exact) mass is 271 g/mol. The first-order valence-corrected chi connectivity index (χ1v) is 6.31. The van der Waals surface area contributed by atoms with Crippen LogP contribution in [0.3, 0.4) is 0 Å². The molecule has 2 amide bonds. The van der Waals surface area contributed by atoms with Crippen LogP contribution in [0.2, 0.25) is 0 Å². The number of amides is 2. The van der Waals surface area contributed by atoms with E-state index < -0.39 is 0 Å². The van der Waals surface area contributed by atoms with Gasteiger partial charge in [-0.15, -0.1) is 0 Å². The number of aliphatic hydroxyl groups is 1. The fourth-order valence-electron chi connectivity index (χ4n) is 1.79.